The van der Waals surface area contributed by atoms with Gasteiger partial charge in [0.2, 0.25) is 0 Å². The third-order valence-corrected chi connectivity index (χ3v) is 8.24. The minimum absolute atomic E-state index is 0.0160. The standard InChI is InChI=1S/C28H24Cl2F7N5O2/c1-16-24(26(44)39-10-8-38(9-11-39)19-5-3-18(31)4-6-19)25(17-2-7-20(29)21(30)12-17)42-22(40(16)14-27(32,33)34)13-23(43)41(42)15-28(35,36)37/h2-7,12-13,25H,8-11,14-15H2,1H3. The lowest BCUT2D eigenvalue weighted by molar-refractivity contribution is -0.145. The van der Waals surface area contributed by atoms with Crippen LogP contribution in [0.2, 0.25) is 10.0 Å². The van der Waals surface area contributed by atoms with Crippen molar-refractivity contribution in [2.24, 2.45) is 0 Å². The molecule has 1 aromatic heterocycles. The Balaban J connectivity index is 1.63. The minimum atomic E-state index is -4.92. The summed E-state index contributed by atoms with van der Waals surface area (Å²) in [7, 11) is 0. The van der Waals surface area contributed by atoms with E-state index in [1.165, 1.54) is 42.2 Å². The van der Waals surface area contributed by atoms with Crippen LogP contribution in [0, 0.1) is 5.82 Å². The summed E-state index contributed by atoms with van der Waals surface area (Å²) in [6, 6.07) is 8.98. The second-order valence-corrected chi connectivity index (χ2v) is 11.2. The van der Waals surface area contributed by atoms with E-state index in [0.717, 1.165) is 4.68 Å². The molecule has 0 saturated carbocycles. The number of amides is 1. The molecule has 236 valence electrons. The molecule has 1 saturated heterocycles. The zero-order chi connectivity index (χ0) is 32.1. The molecule has 0 aliphatic carbocycles. The Bertz CT molecular complexity index is 1660. The number of halogens is 9. The van der Waals surface area contributed by atoms with Crippen molar-refractivity contribution in [2.45, 2.75) is 31.9 Å². The SMILES string of the molecule is CC1=C(C(=O)N2CCN(c3ccc(F)cc3)CC2)C(c2ccc(Cl)c(Cl)c2)n2c(cc(=O)n2CC(F)(F)F)N1CC(F)(F)F. The number of fused-ring (bicyclic) bond motifs is 1. The summed E-state index contributed by atoms with van der Waals surface area (Å²) in [5.74, 6) is -1.62. The zero-order valence-electron chi connectivity index (χ0n) is 22.9. The van der Waals surface area contributed by atoms with Gasteiger partial charge in [0.05, 0.1) is 15.6 Å². The van der Waals surface area contributed by atoms with Crippen LogP contribution in [0.4, 0.5) is 42.2 Å². The van der Waals surface area contributed by atoms with Crippen LogP contribution in [-0.4, -0.2) is 65.2 Å². The van der Waals surface area contributed by atoms with Gasteiger partial charge in [-0.1, -0.05) is 29.3 Å². The number of carbonyl (C=O) groups is 1. The van der Waals surface area contributed by atoms with Crippen LogP contribution >= 0.6 is 23.2 Å². The fourth-order valence-corrected chi connectivity index (χ4v) is 5.85. The van der Waals surface area contributed by atoms with E-state index in [0.29, 0.717) is 29.7 Å². The van der Waals surface area contributed by atoms with Crippen molar-refractivity contribution in [1.82, 2.24) is 14.3 Å². The number of nitrogens with zero attached hydrogens (tertiary/aromatic N) is 5. The molecule has 0 radical (unpaired) electrons. The fraction of sp³-hybridized carbons (Fsp3) is 0.357. The van der Waals surface area contributed by atoms with Crippen molar-refractivity contribution < 1.29 is 35.5 Å². The van der Waals surface area contributed by atoms with E-state index in [4.69, 9.17) is 23.2 Å². The Morgan fingerprint density at radius 1 is 0.864 bits per heavy atom. The topological polar surface area (TPSA) is 53.7 Å². The molecule has 1 fully saturated rings. The van der Waals surface area contributed by atoms with Crippen LogP contribution in [0.5, 0.6) is 0 Å². The summed E-state index contributed by atoms with van der Waals surface area (Å²) < 4.78 is 97.0. The molecule has 0 bridgehead atoms. The van der Waals surface area contributed by atoms with Gasteiger partial charge >= 0.3 is 12.4 Å². The lowest BCUT2D eigenvalue weighted by Crippen LogP contribution is -2.51. The molecule has 3 aromatic rings. The van der Waals surface area contributed by atoms with E-state index in [-0.39, 0.29) is 44.7 Å². The van der Waals surface area contributed by atoms with Gasteiger partial charge in [-0.25, -0.2) is 9.07 Å². The first kappa shape index (κ1) is 31.8. The summed E-state index contributed by atoms with van der Waals surface area (Å²) >= 11 is 12.3. The normalized spacial score (nSPS) is 17.8. The maximum Gasteiger partial charge on any atom is 0.408 e. The first-order valence-electron chi connectivity index (χ1n) is 13.2. The molecule has 1 atom stereocenters. The van der Waals surface area contributed by atoms with Crippen LogP contribution in [0.1, 0.15) is 18.5 Å². The molecule has 0 spiro atoms. The highest BCUT2D eigenvalue weighted by molar-refractivity contribution is 6.42. The Kier molecular flexibility index (Phi) is 8.44. The van der Waals surface area contributed by atoms with Crippen LogP contribution in [-0.2, 0) is 11.3 Å². The van der Waals surface area contributed by atoms with E-state index in [2.05, 4.69) is 0 Å². The van der Waals surface area contributed by atoms with Gasteiger partial charge in [-0.15, -0.1) is 0 Å². The van der Waals surface area contributed by atoms with Crippen LogP contribution in [0.15, 0.2) is 64.6 Å². The molecule has 0 N–H and O–H groups in total. The summed E-state index contributed by atoms with van der Waals surface area (Å²) in [5, 5.41) is 0.0773. The van der Waals surface area contributed by atoms with Crippen molar-refractivity contribution in [3.8, 4) is 0 Å². The van der Waals surface area contributed by atoms with Gasteiger partial charge in [0.25, 0.3) is 11.5 Å². The second kappa shape index (κ2) is 11.7. The van der Waals surface area contributed by atoms with Gasteiger partial charge in [-0.3, -0.25) is 14.3 Å². The third kappa shape index (κ3) is 6.41. The van der Waals surface area contributed by atoms with Gasteiger partial charge in [-0.2, -0.15) is 26.3 Å². The van der Waals surface area contributed by atoms with Gasteiger partial charge in [0.15, 0.2) is 0 Å². The largest absolute Gasteiger partial charge is 0.408 e. The summed E-state index contributed by atoms with van der Waals surface area (Å²) in [6.45, 7) is -1.43. The maximum atomic E-state index is 14.2. The molecule has 2 aliphatic rings. The lowest BCUT2D eigenvalue weighted by Gasteiger charge is -2.42. The Hall–Kier alpha value is -3.65. The van der Waals surface area contributed by atoms with Crippen LogP contribution in [0.3, 0.4) is 0 Å². The smallest absolute Gasteiger partial charge is 0.368 e. The first-order chi connectivity index (χ1) is 20.5. The Morgan fingerprint density at radius 2 is 1.48 bits per heavy atom. The van der Waals surface area contributed by atoms with Crippen molar-refractivity contribution in [3.63, 3.8) is 0 Å². The highest BCUT2D eigenvalue weighted by Gasteiger charge is 2.44. The molecular weight excluding hydrogens is 642 g/mol. The number of benzene rings is 2. The van der Waals surface area contributed by atoms with Crippen LogP contribution in [0.25, 0.3) is 0 Å². The zero-order valence-corrected chi connectivity index (χ0v) is 24.4. The molecule has 1 amide bonds. The molecule has 3 heterocycles. The van der Waals surface area contributed by atoms with Crippen LogP contribution < -0.4 is 15.4 Å². The van der Waals surface area contributed by atoms with Gasteiger partial charge in [-0.05, 0) is 48.9 Å². The quantitative estimate of drug-likeness (QED) is 0.303. The van der Waals surface area contributed by atoms with E-state index in [9.17, 15) is 40.3 Å². The number of aromatic nitrogens is 2. The highest BCUT2D eigenvalue weighted by Crippen LogP contribution is 2.43. The summed E-state index contributed by atoms with van der Waals surface area (Å²) in [4.78, 5) is 31.0. The second-order valence-electron chi connectivity index (χ2n) is 10.4. The molecule has 7 nitrogen and oxygen atoms in total. The number of piperazine rings is 1. The maximum absolute atomic E-state index is 14.2. The van der Waals surface area contributed by atoms with Crippen molar-refractivity contribution in [2.75, 3.05) is 42.5 Å². The molecular formula is C28H24Cl2F7N5O2. The molecule has 5 rings (SSSR count). The molecule has 16 heteroatoms. The number of hydrogen-bond donors (Lipinski definition) is 0. The predicted octanol–water partition coefficient (Wildman–Crippen LogP) is 6.25. The third-order valence-electron chi connectivity index (χ3n) is 7.51. The average molecular weight is 666 g/mol. The summed E-state index contributed by atoms with van der Waals surface area (Å²) in [5.41, 5.74) is -0.824. The number of rotatable bonds is 5. The van der Waals surface area contributed by atoms with Crippen molar-refractivity contribution in [1.29, 1.82) is 0 Å². The number of allylic oxidation sites excluding steroid dienone is 1. The van der Waals surface area contributed by atoms with Gasteiger partial charge in [0.1, 0.15) is 30.8 Å². The van der Waals surface area contributed by atoms with E-state index >= 15 is 0 Å². The molecule has 1 unspecified atom stereocenters. The minimum Gasteiger partial charge on any atom is -0.368 e. The van der Waals surface area contributed by atoms with E-state index < -0.39 is 54.6 Å². The van der Waals surface area contributed by atoms with Crippen molar-refractivity contribution >= 4 is 40.6 Å². The highest BCUT2D eigenvalue weighted by atomic mass is 35.5. The van der Waals surface area contributed by atoms with Crippen molar-refractivity contribution in [3.05, 3.63) is 91.6 Å². The Labute approximate surface area is 256 Å². The molecule has 2 aliphatic heterocycles. The molecule has 2 aromatic carbocycles. The first-order valence-corrected chi connectivity index (χ1v) is 14.0. The van der Waals surface area contributed by atoms with E-state index in [1.54, 1.807) is 12.1 Å². The molecule has 44 heavy (non-hydrogen) atoms. The fourth-order valence-electron chi connectivity index (χ4n) is 5.55. The van der Waals surface area contributed by atoms with E-state index in [1.807, 2.05) is 4.90 Å². The average Bonchev–Trinajstić information content (AvgIpc) is 3.25. The predicted molar refractivity (Wildman–Crippen MR) is 151 cm³/mol. The Morgan fingerprint density at radius 3 is 2.05 bits per heavy atom. The number of anilines is 2. The number of hydrogen-bond acceptors (Lipinski definition) is 4. The number of carbonyl (C=O) groups excluding carboxylic acids is 1. The lowest BCUT2D eigenvalue weighted by atomic mass is 9.93. The monoisotopic (exact) mass is 665 g/mol. The van der Waals surface area contributed by atoms with Gasteiger partial charge < -0.3 is 14.7 Å². The number of alkyl halides is 6. The summed E-state index contributed by atoms with van der Waals surface area (Å²) in [6.07, 6.45) is -9.77. The van der Waals surface area contributed by atoms with Gasteiger partial charge in [0, 0.05) is 43.6 Å².